The molecule has 1 heterocycles. The second kappa shape index (κ2) is 4.78. The van der Waals surface area contributed by atoms with E-state index in [1.807, 2.05) is 4.68 Å². The first-order chi connectivity index (χ1) is 8.09. The molecule has 96 valence electrons. The summed E-state index contributed by atoms with van der Waals surface area (Å²) in [5.74, 6) is 0. The molecule has 1 fully saturated rings. The van der Waals surface area contributed by atoms with E-state index < -0.39 is 11.7 Å². The molecular formula is C13H22N2O2. The first kappa shape index (κ1) is 12.6. The summed E-state index contributed by atoms with van der Waals surface area (Å²) in [6, 6.07) is 2.08. The molecule has 17 heavy (non-hydrogen) atoms. The normalized spacial score (nSPS) is 20.0. The molecule has 1 saturated carbocycles. The molecule has 2 N–H and O–H groups in total. The van der Waals surface area contributed by atoms with Gasteiger partial charge in [-0.05, 0) is 38.2 Å². The zero-order valence-corrected chi connectivity index (χ0v) is 10.7. The molecule has 0 aromatic carbocycles. The highest BCUT2D eigenvalue weighted by Gasteiger charge is 2.41. The Bertz CT molecular complexity index is 383. The number of nitrogens with zero attached hydrogens (tertiary/aromatic N) is 2. The molecule has 0 spiro atoms. The maximum absolute atomic E-state index is 10.1. The lowest BCUT2D eigenvalue weighted by Crippen LogP contribution is -2.50. The third-order valence-corrected chi connectivity index (χ3v) is 3.82. The van der Waals surface area contributed by atoms with E-state index in [0.29, 0.717) is 19.4 Å². The number of rotatable bonds is 5. The average Bonchev–Trinajstić information content (AvgIpc) is 2.68. The molecule has 1 aliphatic carbocycles. The van der Waals surface area contributed by atoms with E-state index in [9.17, 15) is 10.2 Å². The van der Waals surface area contributed by atoms with E-state index in [4.69, 9.17) is 0 Å². The van der Waals surface area contributed by atoms with Crippen molar-refractivity contribution < 1.29 is 10.2 Å². The third-order valence-electron chi connectivity index (χ3n) is 3.82. The lowest BCUT2D eigenvalue weighted by molar-refractivity contribution is -0.131. The van der Waals surface area contributed by atoms with Crippen molar-refractivity contribution in [1.82, 2.24) is 9.78 Å². The number of aliphatic hydroxyl groups excluding tert-OH is 1. The summed E-state index contributed by atoms with van der Waals surface area (Å²) in [6.07, 6.45) is 3.52. The largest absolute Gasteiger partial charge is 0.388 e. The van der Waals surface area contributed by atoms with Gasteiger partial charge in [0.15, 0.2) is 0 Å². The van der Waals surface area contributed by atoms with Gasteiger partial charge in [-0.3, -0.25) is 4.68 Å². The Balaban J connectivity index is 2.09. The van der Waals surface area contributed by atoms with E-state index in [0.717, 1.165) is 30.7 Å². The quantitative estimate of drug-likeness (QED) is 0.812. The molecule has 0 amide bonds. The third kappa shape index (κ3) is 2.38. The van der Waals surface area contributed by atoms with Gasteiger partial charge in [0, 0.05) is 5.69 Å². The van der Waals surface area contributed by atoms with E-state index >= 15 is 0 Å². The summed E-state index contributed by atoms with van der Waals surface area (Å²) in [5, 5.41) is 24.6. The SMILES string of the molecule is CCc1cc(CC)n(C[C@H](O)C2(O)CCC2)n1. The molecule has 1 aliphatic rings. The minimum Gasteiger partial charge on any atom is -0.388 e. The molecular weight excluding hydrogens is 216 g/mol. The fourth-order valence-corrected chi connectivity index (χ4v) is 2.34. The van der Waals surface area contributed by atoms with Gasteiger partial charge in [-0.2, -0.15) is 5.10 Å². The van der Waals surface area contributed by atoms with Crippen molar-refractivity contribution in [2.24, 2.45) is 0 Å². The Morgan fingerprint density at radius 3 is 2.59 bits per heavy atom. The van der Waals surface area contributed by atoms with Gasteiger partial charge in [0.25, 0.3) is 0 Å². The Morgan fingerprint density at radius 2 is 2.12 bits per heavy atom. The van der Waals surface area contributed by atoms with Crippen LogP contribution in [0.4, 0.5) is 0 Å². The lowest BCUT2D eigenvalue weighted by atomic mass is 9.76. The smallest absolute Gasteiger partial charge is 0.102 e. The van der Waals surface area contributed by atoms with Gasteiger partial charge in [-0.1, -0.05) is 13.8 Å². The average molecular weight is 238 g/mol. The van der Waals surface area contributed by atoms with Crippen LogP contribution < -0.4 is 0 Å². The number of hydrogen-bond acceptors (Lipinski definition) is 3. The Kier molecular flexibility index (Phi) is 3.54. The van der Waals surface area contributed by atoms with Crippen molar-refractivity contribution in [1.29, 1.82) is 0 Å². The molecule has 0 saturated heterocycles. The molecule has 0 bridgehead atoms. The molecule has 2 rings (SSSR count). The summed E-state index contributed by atoms with van der Waals surface area (Å²) in [6.45, 7) is 4.55. The van der Waals surface area contributed by atoms with Gasteiger partial charge in [-0.25, -0.2) is 0 Å². The van der Waals surface area contributed by atoms with Crippen molar-refractivity contribution in [3.8, 4) is 0 Å². The maximum atomic E-state index is 10.1. The number of aliphatic hydroxyl groups is 2. The molecule has 0 aliphatic heterocycles. The molecule has 0 radical (unpaired) electrons. The molecule has 4 nitrogen and oxygen atoms in total. The first-order valence-corrected chi connectivity index (χ1v) is 6.55. The van der Waals surface area contributed by atoms with E-state index in [1.165, 1.54) is 0 Å². The number of aryl methyl sites for hydroxylation is 2. The fourth-order valence-electron chi connectivity index (χ4n) is 2.34. The van der Waals surface area contributed by atoms with Crippen molar-refractivity contribution in [3.05, 3.63) is 17.5 Å². The Morgan fingerprint density at radius 1 is 1.41 bits per heavy atom. The minimum absolute atomic E-state index is 0.402. The van der Waals surface area contributed by atoms with Crippen LogP contribution in [0.2, 0.25) is 0 Å². The summed E-state index contributed by atoms with van der Waals surface area (Å²) < 4.78 is 1.85. The summed E-state index contributed by atoms with van der Waals surface area (Å²) >= 11 is 0. The van der Waals surface area contributed by atoms with Gasteiger partial charge in [0.2, 0.25) is 0 Å². The molecule has 1 atom stereocenters. The summed E-state index contributed by atoms with van der Waals surface area (Å²) in [7, 11) is 0. The molecule has 1 aromatic heterocycles. The van der Waals surface area contributed by atoms with Crippen molar-refractivity contribution >= 4 is 0 Å². The monoisotopic (exact) mass is 238 g/mol. The van der Waals surface area contributed by atoms with Gasteiger partial charge in [0.1, 0.15) is 6.10 Å². The zero-order chi connectivity index (χ0) is 12.5. The van der Waals surface area contributed by atoms with Crippen molar-refractivity contribution in [3.63, 3.8) is 0 Å². The number of hydrogen-bond donors (Lipinski definition) is 2. The van der Waals surface area contributed by atoms with Gasteiger partial charge in [0.05, 0.1) is 17.8 Å². The summed E-state index contributed by atoms with van der Waals surface area (Å²) in [5.41, 5.74) is 1.31. The standard InChI is InChI=1S/C13H22N2O2/c1-3-10-8-11(4-2)15(14-10)9-12(16)13(17)6-5-7-13/h8,12,16-17H,3-7,9H2,1-2H3/t12-/m0/s1. The van der Waals surface area contributed by atoms with Crippen LogP contribution in [0, 0.1) is 0 Å². The zero-order valence-electron chi connectivity index (χ0n) is 10.7. The highest BCUT2D eigenvalue weighted by Crippen LogP contribution is 2.35. The molecule has 4 heteroatoms. The minimum atomic E-state index is -0.872. The van der Waals surface area contributed by atoms with Crippen LogP contribution in [-0.2, 0) is 19.4 Å². The Hall–Kier alpha value is -0.870. The summed E-state index contributed by atoms with van der Waals surface area (Å²) in [4.78, 5) is 0. The molecule has 1 aromatic rings. The number of aromatic nitrogens is 2. The van der Waals surface area contributed by atoms with Crippen LogP contribution in [0.1, 0.15) is 44.5 Å². The van der Waals surface area contributed by atoms with Crippen LogP contribution in [-0.4, -0.2) is 31.7 Å². The maximum Gasteiger partial charge on any atom is 0.102 e. The van der Waals surface area contributed by atoms with Crippen LogP contribution >= 0.6 is 0 Å². The molecule has 0 unspecified atom stereocenters. The van der Waals surface area contributed by atoms with Crippen LogP contribution in [0.5, 0.6) is 0 Å². The van der Waals surface area contributed by atoms with E-state index in [1.54, 1.807) is 0 Å². The Labute approximate surface area is 102 Å². The van der Waals surface area contributed by atoms with Crippen LogP contribution in [0.15, 0.2) is 6.07 Å². The van der Waals surface area contributed by atoms with E-state index in [2.05, 4.69) is 25.0 Å². The second-order valence-corrected chi connectivity index (χ2v) is 4.99. The van der Waals surface area contributed by atoms with Gasteiger partial charge >= 0.3 is 0 Å². The highest BCUT2D eigenvalue weighted by molar-refractivity contribution is 5.11. The lowest BCUT2D eigenvalue weighted by Gasteiger charge is -2.40. The van der Waals surface area contributed by atoms with Crippen LogP contribution in [0.25, 0.3) is 0 Å². The highest BCUT2D eigenvalue weighted by atomic mass is 16.3. The topological polar surface area (TPSA) is 58.3 Å². The van der Waals surface area contributed by atoms with Gasteiger partial charge in [-0.15, -0.1) is 0 Å². The van der Waals surface area contributed by atoms with Crippen LogP contribution in [0.3, 0.4) is 0 Å². The van der Waals surface area contributed by atoms with Crippen molar-refractivity contribution in [2.75, 3.05) is 0 Å². The predicted molar refractivity (Wildman–Crippen MR) is 65.8 cm³/mol. The second-order valence-electron chi connectivity index (χ2n) is 4.99. The van der Waals surface area contributed by atoms with E-state index in [-0.39, 0.29) is 0 Å². The van der Waals surface area contributed by atoms with Gasteiger partial charge < -0.3 is 10.2 Å². The predicted octanol–water partition coefficient (Wildman–Crippen LogP) is 1.28. The van der Waals surface area contributed by atoms with Crippen molar-refractivity contribution in [2.45, 2.75) is 64.2 Å². The first-order valence-electron chi connectivity index (χ1n) is 6.55. The fraction of sp³-hybridized carbons (Fsp3) is 0.769.